The summed E-state index contributed by atoms with van der Waals surface area (Å²) in [5.41, 5.74) is 0. The first-order valence-corrected chi connectivity index (χ1v) is 9.19. The highest BCUT2D eigenvalue weighted by molar-refractivity contribution is 14.1. The van der Waals surface area contributed by atoms with Crippen LogP contribution in [0.1, 0.15) is 5.76 Å². The molecule has 1 saturated heterocycles. The van der Waals surface area contributed by atoms with Crippen LogP contribution in [0.15, 0.2) is 45.7 Å². The largest absolute Gasteiger partial charge is 0.492 e. The zero-order valence-corrected chi connectivity index (χ0v) is 15.9. The van der Waals surface area contributed by atoms with Crippen molar-refractivity contribution in [3.8, 4) is 5.75 Å². The van der Waals surface area contributed by atoms with Gasteiger partial charge in [-0.15, -0.1) is 0 Å². The molecule has 2 amide bonds. The maximum Gasteiger partial charge on any atom is 0.293 e. The molecular formula is C16H11ClINO4S. The van der Waals surface area contributed by atoms with Gasteiger partial charge in [0.1, 0.15) is 18.1 Å². The monoisotopic (exact) mass is 475 g/mol. The summed E-state index contributed by atoms with van der Waals surface area (Å²) in [4.78, 5) is 25.8. The summed E-state index contributed by atoms with van der Waals surface area (Å²) in [6.07, 6.45) is 1.58. The Hall–Kier alpha value is -1.45. The number of carbonyl (C=O) groups is 2. The van der Waals surface area contributed by atoms with E-state index in [9.17, 15) is 9.59 Å². The fourth-order valence-electron chi connectivity index (χ4n) is 2.01. The number of furan rings is 1. The van der Waals surface area contributed by atoms with Gasteiger partial charge >= 0.3 is 0 Å². The summed E-state index contributed by atoms with van der Waals surface area (Å²) < 4.78 is 11.6. The Morgan fingerprint density at radius 1 is 1.21 bits per heavy atom. The third-order valence-electron chi connectivity index (χ3n) is 3.14. The molecule has 2 aromatic rings. The van der Waals surface area contributed by atoms with Crippen molar-refractivity contribution in [2.45, 2.75) is 0 Å². The summed E-state index contributed by atoms with van der Waals surface area (Å²) in [6.45, 7) is 0.395. The second kappa shape index (κ2) is 7.62. The van der Waals surface area contributed by atoms with Crippen molar-refractivity contribution in [1.82, 2.24) is 4.90 Å². The molecule has 0 atom stereocenters. The van der Waals surface area contributed by atoms with Gasteiger partial charge in [-0.3, -0.25) is 14.5 Å². The number of hydrogen-bond acceptors (Lipinski definition) is 5. The normalized spacial score (nSPS) is 16.2. The number of nitrogens with zero attached hydrogens (tertiary/aromatic N) is 1. The maximum atomic E-state index is 12.3. The van der Waals surface area contributed by atoms with E-state index in [1.54, 1.807) is 42.5 Å². The number of hydrogen-bond donors (Lipinski definition) is 0. The molecule has 24 heavy (non-hydrogen) atoms. The van der Waals surface area contributed by atoms with Crippen LogP contribution in [0.4, 0.5) is 4.79 Å². The number of benzene rings is 1. The molecule has 2 heterocycles. The number of thioether (sulfide) groups is 1. The summed E-state index contributed by atoms with van der Waals surface area (Å²) in [7, 11) is 0. The first kappa shape index (κ1) is 17.4. The lowest BCUT2D eigenvalue weighted by atomic mass is 10.3. The highest BCUT2D eigenvalue weighted by Crippen LogP contribution is 2.32. The van der Waals surface area contributed by atoms with Gasteiger partial charge < -0.3 is 9.15 Å². The number of ether oxygens (including phenoxy) is 1. The molecule has 1 aromatic carbocycles. The molecule has 124 valence electrons. The highest BCUT2D eigenvalue weighted by Gasteiger charge is 2.35. The van der Waals surface area contributed by atoms with Crippen molar-refractivity contribution in [2.24, 2.45) is 0 Å². The highest BCUT2D eigenvalue weighted by atomic mass is 127. The molecule has 1 aromatic heterocycles. The minimum Gasteiger partial charge on any atom is -0.492 e. The Labute approximate surface area is 161 Å². The second-order valence-electron chi connectivity index (χ2n) is 4.78. The van der Waals surface area contributed by atoms with Crippen LogP contribution in [0.3, 0.4) is 0 Å². The van der Waals surface area contributed by atoms with Crippen LogP contribution in [-0.4, -0.2) is 29.2 Å². The van der Waals surface area contributed by atoms with Gasteiger partial charge in [0.25, 0.3) is 11.1 Å². The molecule has 0 bridgehead atoms. The van der Waals surface area contributed by atoms with Gasteiger partial charge in [-0.1, -0.05) is 11.6 Å². The lowest BCUT2D eigenvalue weighted by Crippen LogP contribution is -2.32. The van der Waals surface area contributed by atoms with E-state index in [1.165, 1.54) is 4.90 Å². The lowest BCUT2D eigenvalue weighted by Gasteiger charge is -2.13. The Balaban J connectivity index is 1.60. The van der Waals surface area contributed by atoms with Crippen LogP contribution in [-0.2, 0) is 4.79 Å². The molecule has 1 aliphatic rings. The van der Waals surface area contributed by atoms with Crippen LogP contribution >= 0.6 is 46.0 Å². The van der Waals surface area contributed by atoms with E-state index in [2.05, 4.69) is 0 Å². The number of rotatable bonds is 5. The molecule has 0 saturated carbocycles. The van der Waals surface area contributed by atoms with E-state index >= 15 is 0 Å². The van der Waals surface area contributed by atoms with Crippen LogP contribution < -0.4 is 4.74 Å². The Bertz CT molecular complexity index is 803. The molecular weight excluding hydrogens is 465 g/mol. The number of imide groups is 1. The van der Waals surface area contributed by atoms with Gasteiger partial charge in [-0.25, -0.2) is 0 Å². The number of amides is 2. The molecule has 8 heteroatoms. The topological polar surface area (TPSA) is 59.8 Å². The van der Waals surface area contributed by atoms with Crippen molar-refractivity contribution in [3.05, 3.63) is 55.9 Å². The van der Waals surface area contributed by atoms with Crippen molar-refractivity contribution >= 4 is 63.2 Å². The van der Waals surface area contributed by atoms with E-state index in [0.29, 0.717) is 21.4 Å². The van der Waals surface area contributed by atoms with Crippen molar-refractivity contribution in [1.29, 1.82) is 0 Å². The van der Waals surface area contributed by atoms with E-state index in [1.807, 2.05) is 22.6 Å². The van der Waals surface area contributed by atoms with Gasteiger partial charge in [0.15, 0.2) is 3.77 Å². The fourth-order valence-corrected chi connectivity index (χ4v) is 3.42. The van der Waals surface area contributed by atoms with E-state index in [-0.39, 0.29) is 24.3 Å². The number of carbonyl (C=O) groups excluding carboxylic acids is 2. The molecule has 0 unspecified atom stereocenters. The first-order chi connectivity index (χ1) is 11.5. The lowest BCUT2D eigenvalue weighted by molar-refractivity contribution is -0.123. The molecule has 1 aliphatic heterocycles. The Morgan fingerprint density at radius 2 is 1.96 bits per heavy atom. The van der Waals surface area contributed by atoms with Crippen LogP contribution in [0, 0.1) is 3.77 Å². The van der Waals surface area contributed by atoms with E-state index < -0.39 is 0 Å². The summed E-state index contributed by atoms with van der Waals surface area (Å²) >= 11 is 8.74. The quantitative estimate of drug-likeness (QED) is 0.465. The summed E-state index contributed by atoms with van der Waals surface area (Å²) in [5.74, 6) is 0.838. The Kier molecular flexibility index (Phi) is 5.52. The van der Waals surface area contributed by atoms with Crippen LogP contribution in [0.5, 0.6) is 5.75 Å². The van der Waals surface area contributed by atoms with Gasteiger partial charge in [-0.2, -0.15) is 0 Å². The zero-order chi connectivity index (χ0) is 17.1. The first-order valence-electron chi connectivity index (χ1n) is 6.92. The standard InChI is InChI=1S/C16H11ClINO4S/c17-10-1-3-11(4-2-10)22-8-7-19-15(20)13(24-16(19)21)9-12-5-6-14(18)23-12/h1-6,9H,7-8H2/b13-9-. The average Bonchev–Trinajstić information content (AvgIpc) is 3.07. The average molecular weight is 476 g/mol. The van der Waals surface area contributed by atoms with Crippen LogP contribution in [0.25, 0.3) is 6.08 Å². The van der Waals surface area contributed by atoms with Crippen molar-refractivity contribution in [3.63, 3.8) is 0 Å². The summed E-state index contributed by atoms with van der Waals surface area (Å²) in [5, 5.41) is 0.304. The second-order valence-corrected chi connectivity index (χ2v) is 7.27. The maximum absolute atomic E-state index is 12.3. The van der Waals surface area contributed by atoms with Crippen LogP contribution in [0.2, 0.25) is 5.02 Å². The number of halogens is 2. The van der Waals surface area contributed by atoms with Gasteiger partial charge in [0, 0.05) is 11.1 Å². The smallest absolute Gasteiger partial charge is 0.293 e. The van der Waals surface area contributed by atoms with Crippen molar-refractivity contribution < 1.29 is 18.7 Å². The van der Waals surface area contributed by atoms with E-state index in [4.69, 9.17) is 20.8 Å². The summed E-state index contributed by atoms with van der Waals surface area (Å²) in [6, 6.07) is 10.4. The fraction of sp³-hybridized carbons (Fsp3) is 0.125. The van der Waals surface area contributed by atoms with Gasteiger partial charge in [-0.05, 0) is 70.8 Å². The molecule has 0 aliphatic carbocycles. The molecule has 0 spiro atoms. The van der Waals surface area contributed by atoms with E-state index in [0.717, 1.165) is 15.5 Å². The SMILES string of the molecule is O=C1S/C(=C\c2ccc(I)o2)C(=O)N1CCOc1ccc(Cl)cc1. The minimum atomic E-state index is -0.337. The predicted molar refractivity (Wildman–Crippen MR) is 101 cm³/mol. The molecule has 1 fully saturated rings. The zero-order valence-electron chi connectivity index (χ0n) is 12.2. The van der Waals surface area contributed by atoms with Gasteiger partial charge in [0.2, 0.25) is 0 Å². The molecule has 0 N–H and O–H groups in total. The minimum absolute atomic E-state index is 0.181. The Morgan fingerprint density at radius 3 is 2.62 bits per heavy atom. The molecule has 0 radical (unpaired) electrons. The molecule has 5 nitrogen and oxygen atoms in total. The molecule has 3 rings (SSSR count). The van der Waals surface area contributed by atoms with Gasteiger partial charge in [0.05, 0.1) is 11.4 Å². The third kappa shape index (κ3) is 4.14. The predicted octanol–water partition coefficient (Wildman–Crippen LogP) is 4.65. The third-order valence-corrected chi connectivity index (χ3v) is 4.88. The van der Waals surface area contributed by atoms with Crippen molar-refractivity contribution in [2.75, 3.05) is 13.2 Å².